The second kappa shape index (κ2) is 9.73. The highest BCUT2D eigenvalue weighted by Crippen LogP contribution is 2.10. The van der Waals surface area contributed by atoms with E-state index in [1.54, 1.807) is 12.1 Å². The van der Waals surface area contributed by atoms with E-state index >= 15 is 0 Å². The van der Waals surface area contributed by atoms with E-state index < -0.39 is 5.91 Å². The summed E-state index contributed by atoms with van der Waals surface area (Å²) in [5.41, 5.74) is 2.06. The van der Waals surface area contributed by atoms with Crippen LogP contribution in [0.1, 0.15) is 11.1 Å². The van der Waals surface area contributed by atoms with Gasteiger partial charge in [0.15, 0.2) is 0 Å². The predicted molar refractivity (Wildman–Crippen MR) is 100 cm³/mol. The first kappa shape index (κ1) is 18.9. The average molecular weight is 374 g/mol. The Morgan fingerprint density at radius 2 is 1.56 bits per heavy atom. The Balaban J connectivity index is 1.80. The number of rotatable bonds is 7. The molecule has 0 aliphatic rings. The molecule has 0 aromatic heterocycles. The number of carbonyl (C=O) groups is 1. The number of carbonyl (C=O) groups excluding carboxylic acids is 1. The van der Waals surface area contributed by atoms with E-state index in [-0.39, 0.29) is 5.57 Å². The Labute approximate surface area is 157 Å². The van der Waals surface area contributed by atoms with Gasteiger partial charge in [-0.3, -0.25) is 4.79 Å². The lowest BCUT2D eigenvalue weighted by Gasteiger charge is -2.06. The third-order valence-corrected chi connectivity index (χ3v) is 3.95. The molecular formula is C19H17Cl2N3O. The lowest BCUT2D eigenvalue weighted by atomic mass is 10.1. The maximum absolute atomic E-state index is 12.0. The average Bonchev–Trinajstić information content (AvgIpc) is 2.62. The van der Waals surface area contributed by atoms with Gasteiger partial charge in [0.1, 0.15) is 11.6 Å². The van der Waals surface area contributed by atoms with Crippen LogP contribution in [-0.2, 0) is 17.8 Å². The second-order valence-corrected chi connectivity index (χ2v) is 6.18. The van der Waals surface area contributed by atoms with Crippen molar-refractivity contribution >= 4 is 29.1 Å². The van der Waals surface area contributed by atoms with Crippen molar-refractivity contribution in [2.75, 3.05) is 6.54 Å². The summed E-state index contributed by atoms with van der Waals surface area (Å²) in [6, 6.07) is 16.6. The van der Waals surface area contributed by atoms with E-state index in [2.05, 4.69) is 10.6 Å². The molecular weight excluding hydrogens is 357 g/mol. The number of hydrogen-bond acceptors (Lipinski definition) is 3. The Hall–Kier alpha value is -2.48. The fourth-order valence-corrected chi connectivity index (χ4v) is 2.32. The number of nitrogens with zero attached hydrogens (tertiary/aromatic N) is 1. The van der Waals surface area contributed by atoms with Gasteiger partial charge in [-0.15, -0.1) is 0 Å². The highest BCUT2D eigenvalue weighted by molar-refractivity contribution is 6.30. The van der Waals surface area contributed by atoms with E-state index in [0.29, 0.717) is 23.1 Å². The van der Waals surface area contributed by atoms with Gasteiger partial charge in [-0.25, -0.2) is 0 Å². The number of benzene rings is 2. The fraction of sp³-hybridized carbons (Fsp3) is 0.158. The van der Waals surface area contributed by atoms with Crippen LogP contribution in [0.25, 0.3) is 0 Å². The maximum Gasteiger partial charge on any atom is 0.263 e. The Kier molecular flexibility index (Phi) is 7.34. The fourth-order valence-electron chi connectivity index (χ4n) is 2.07. The van der Waals surface area contributed by atoms with Gasteiger partial charge in [-0.2, -0.15) is 5.26 Å². The summed E-state index contributed by atoms with van der Waals surface area (Å²) in [5, 5.41) is 16.2. The molecule has 0 aliphatic heterocycles. The quantitative estimate of drug-likeness (QED) is 0.440. The largest absolute Gasteiger partial charge is 0.389 e. The molecule has 0 atom stereocenters. The van der Waals surface area contributed by atoms with Crippen LogP contribution >= 0.6 is 23.2 Å². The normalized spacial score (nSPS) is 10.8. The summed E-state index contributed by atoms with van der Waals surface area (Å²) >= 11 is 11.7. The van der Waals surface area contributed by atoms with Crippen molar-refractivity contribution in [2.24, 2.45) is 0 Å². The molecule has 0 saturated heterocycles. The zero-order valence-corrected chi connectivity index (χ0v) is 14.9. The van der Waals surface area contributed by atoms with Crippen molar-refractivity contribution in [3.8, 4) is 6.07 Å². The molecule has 0 bridgehead atoms. The molecule has 4 nitrogen and oxygen atoms in total. The van der Waals surface area contributed by atoms with Crippen LogP contribution in [0, 0.1) is 11.3 Å². The summed E-state index contributed by atoms with van der Waals surface area (Å²) in [6.07, 6.45) is 2.20. The van der Waals surface area contributed by atoms with Crippen molar-refractivity contribution in [1.82, 2.24) is 10.6 Å². The maximum atomic E-state index is 12.0. The number of nitriles is 1. The van der Waals surface area contributed by atoms with Crippen molar-refractivity contribution in [1.29, 1.82) is 5.26 Å². The molecule has 0 saturated carbocycles. The Bertz CT molecular complexity index is 778. The smallest absolute Gasteiger partial charge is 0.263 e. The third kappa shape index (κ3) is 6.50. The molecule has 0 unspecified atom stereocenters. The monoisotopic (exact) mass is 373 g/mol. The summed E-state index contributed by atoms with van der Waals surface area (Å²) < 4.78 is 0. The summed E-state index contributed by atoms with van der Waals surface area (Å²) in [6.45, 7) is 0.942. The first-order valence-corrected chi connectivity index (χ1v) is 8.45. The predicted octanol–water partition coefficient (Wildman–Crippen LogP) is 3.85. The van der Waals surface area contributed by atoms with E-state index in [0.717, 1.165) is 17.5 Å². The highest BCUT2D eigenvalue weighted by Gasteiger charge is 2.08. The van der Waals surface area contributed by atoms with Crippen LogP contribution in [0.2, 0.25) is 10.0 Å². The minimum Gasteiger partial charge on any atom is -0.389 e. The van der Waals surface area contributed by atoms with Crippen LogP contribution < -0.4 is 10.6 Å². The highest BCUT2D eigenvalue weighted by atomic mass is 35.5. The molecule has 0 heterocycles. The van der Waals surface area contributed by atoms with E-state index in [9.17, 15) is 4.79 Å². The molecule has 2 aromatic rings. The minimum absolute atomic E-state index is 0.0325. The molecule has 2 rings (SSSR count). The Morgan fingerprint density at radius 3 is 2.12 bits per heavy atom. The van der Waals surface area contributed by atoms with Gasteiger partial charge in [-0.1, -0.05) is 47.5 Å². The van der Waals surface area contributed by atoms with Crippen LogP contribution in [-0.4, -0.2) is 12.5 Å². The molecule has 0 aliphatic carbocycles. The summed E-state index contributed by atoms with van der Waals surface area (Å²) in [7, 11) is 0. The lowest BCUT2D eigenvalue weighted by Crippen LogP contribution is -2.25. The van der Waals surface area contributed by atoms with Gasteiger partial charge >= 0.3 is 0 Å². The summed E-state index contributed by atoms with van der Waals surface area (Å²) in [5.74, 6) is -0.420. The molecule has 0 spiro atoms. The molecule has 6 heteroatoms. The van der Waals surface area contributed by atoms with Crippen molar-refractivity contribution < 1.29 is 4.79 Å². The minimum atomic E-state index is -0.420. The second-order valence-electron chi connectivity index (χ2n) is 5.31. The Morgan fingerprint density at radius 1 is 1.00 bits per heavy atom. The van der Waals surface area contributed by atoms with Gasteiger partial charge in [0.2, 0.25) is 0 Å². The molecule has 0 fully saturated rings. The molecule has 128 valence electrons. The number of nitrogens with one attached hydrogen (secondary N) is 2. The van der Waals surface area contributed by atoms with Gasteiger partial charge in [-0.05, 0) is 41.8 Å². The van der Waals surface area contributed by atoms with Crippen molar-refractivity contribution in [3.63, 3.8) is 0 Å². The van der Waals surface area contributed by atoms with Gasteiger partial charge in [0.05, 0.1) is 0 Å². The van der Waals surface area contributed by atoms with Crippen LogP contribution in [0.5, 0.6) is 0 Å². The molecule has 0 radical (unpaired) electrons. The third-order valence-electron chi connectivity index (χ3n) is 3.45. The molecule has 2 aromatic carbocycles. The van der Waals surface area contributed by atoms with Gasteiger partial charge in [0, 0.05) is 29.3 Å². The van der Waals surface area contributed by atoms with E-state index in [1.165, 1.54) is 6.20 Å². The standard InChI is InChI=1S/C19H17Cl2N3O/c20-17-5-1-14(2-6-17)9-10-23-13-16(11-22)19(25)24-12-15-3-7-18(21)8-4-15/h1-8,13,23H,9-10,12H2,(H,24,25)/b16-13-. The number of hydrogen-bond donors (Lipinski definition) is 2. The van der Waals surface area contributed by atoms with Crippen LogP contribution in [0.15, 0.2) is 60.3 Å². The molecule has 1 amide bonds. The molecule has 25 heavy (non-hydrogen) atoms. The first-order chi connectivity index (χ1) is 12.1. The van der Waals surface area contributed by atoms with Gasteiger partial charge in [0.25, 0.3) is 5.91 Å². The van der Waals surface area contributed by atoms with Gasteiger partial charge < -0.3 is 10.6 Å². The number of halogens is 2. The van der Waals surface area contributed by atoms with Crippen molar-refractivity contribution in [3.05, 3.63) is 81.5 Å². The zero-order chi connectivity index (χ0) is 18.1. The summed E-state index contributed by atoms with van der Waals surface area (Å²) in [4.78, 5) is 12.0. The van der Waals surface area contributed by atoms with Crippen molar-refractivity contribution in [2.45, 2.75) is 13.0 Å². The lowest BCUT2D eigenvalue weighted by molar-refractivity contribution is -0.117. The topological polar surface area (TPSA) is 64.9 Å². The van der Waals surface area contributed by atoms with E-state index in [1.807, 2.05) is 42.5 Å². The number of amides is 1. The molecule has 2 N–H and O–H groups in total. The van der Waals surface area contributed by atoms with Crippen LogP contribution in [0.3, 0.4) is 0 Å². The zero-order valence-electron chi connectivity index (χ0n) is 13.4. The first-order valence-electron chi connectivity index (χ1n) is 7.69. The van der Waals surface area contributed by atoms with E-state index in [4.69, 9.17) is 28.5 Å². The van der Waals surface area contributed by atoms with Crippen LogP contribution in [0.4, 0.5) is 0 Å². The SMILES string of the molecule is N#C/C(=C/NCCc1ccc(Cl)cc1)C(=O)NCc1ccc(Cl)cc1.